The fourth-order valence-electron chi connectivity index (χ4n) is 2.53. The van der Waals surface area contributed by atoms with Crippen LogP contribution in [-0.2, 0) is 0 Å². The van der Waals surface area contributed by atoms with Gasteiger partial charge in [-0.25, -0.2) is 4.79 Å². The number of hydrogen-bond acceptors (Lipinski definition) is 3. The molecule has 0 saturated carbocycles. The molecule has 0 aliphatic rings. The van der Waals surface area contributed by atoms with Gasteiger partial charge in [0.25, 0.3) is 0 Å². The van der Waals surface area contributed by atoms with Crippen molar-refractivity contribution in [2.24, 2.45) is 0 Å². The van der Waals surface area contributed by atoms with E-state index in [-0.39, 0.29) is 11.3 Å². The summed E-state index contributed by atoms with van der Waals surface area (Å²) in [6, 6.07) is 12.4. The van der Waals surface area contributed by atoms with Gasteiger partial charge in [0.05, 0.1) is 12.7 Å². The molecule has 0 aromatic heterocycles. The highest BCUT2D eigenvalue weighted by Gasteiger charge is 2.18. The molecule has 20 heavy (non-hydrogen) atoms. The van der Waals surface area contributed by atoms with Crippen molar-refractivity contribution in [2.45, 2.75) is 0 Å². The van der Waals surface area contributed by atoms with Gasteiger partial charge in [-0.1, -0.05) is 36.4 Å². The van der Waals surface area contributed by atoms with Crippen LogP contribution in [0.15, 0.2) is 42.5 Å². The van der Waals surface area contributed by atoms with Crippen LogP contribution in [0.3, 0.4) is 0 Å². The molecule has 3 aromatic rings. The van der Waals surface area contributed by atoms with Crippen LogP contribution in [0.4, 0.5) is 0 Å². The molecule has 3 aromatic carbocycles. The predicted octanol–water partition coefficient (Wildman–Crippen LogP) is 3.41. The quantitative estimate of drug-likeness (QED) is 0.699. The van der Waals surface area contributed by atoms with Gasteiger partial charge in [-0.05, 0) is 16.8 Å². The molecule has 0 aliphatic heterocycles. The zero-order valence-corrected chi connectivity index (χ0v) is 10.8. The summed E-state index contributed by atoms with van der Waals surface area (Å²) in [6.45, 7) is 0. The lowest BCUT2D eigenvalue weighted by Gasteiger charge is -2.12. The molecular formula is C16H12O4. The summed E-state index contributed by atoms with van der Waals surface area (Å²) in [5.41, 5.74) is 0.0593. The fourth-order valence-corrected chi connectivity index (χ4v) is 2.53. The van der Waals surface area contributed by atoms with Crippen molar-refractivity contribution in [1.82, 2.24) is 0 Å². The standard InChI is InChI=1S/C16H12O4/c1-20-15-13(17)8-12(16(18)19)11-7-6-9-4-2-3-5-10(9)14(11)15/h2-8,17H,1H3,(H,18,19). The van der Waals surface area contributed by atoms with Crippen LogP contribution in [-0.4, -0.2) is 23.3 Å². The molecule has 0 saturated heterocycles. The fraction of sp³-hybridized carbons (Fsp3) is 0.0625. The Kier molecular flexibility index (Phi) is 2.71. The minimum absolute atomic E-state index is 0.0593. The number of phenolic OH excluding ortho intramolecular Hbond substituents is 1. The summed E-state index contributed by atoms with van der Waals surface area (Å²) in [5, 5.41) is 22.3. The lowest BCUT2D eigenvalue weighted by Crippen LogP contribution is -1.99. The third-order valence-electron chi connectivity index (χ3n) is 3.39. The Labute approximate surface area is 114 Å². The van der Waals surface area contributed by atoms with Gasteiger partial charge in [0.1, 0.15) is 0 Å². The van der Waals surface area contributed by atoms with E-state index in [2.05, 4.69) is 0 Å². The molecule has 4 nitrogen and oxygen atoms in total. The van der Waals surface area contributed by atoms with Crippen LogP contribution in [0.1, 0.15) is 10.4 Å². The number of carbonyl (C=O) groups is 1. The normalized spacial score (nSPS) is 10.8. The molecule has 0 spiro atoms. The average molecular weight is 268 g/mol. The smallest absolute Gasteiger partial charge is 0.336 e. The van der Waals surface area contributed by atoms with Crippen molar-refractivity contribution in [3.8, 4) is 11.5 Å². The summed E-state index contributed by atoms with van der Waals surface area (Å²) >= 11 is 0. The number of methoxy groups -OCH3 is 1. The second kappa shape index (κ2) is 4.42. The van der Waals surface area contributed by atoms with E-state index in [1.54, 1.807) is 6.07 Å². The van der Waals surface area contributed by atoms with Gasteiger partial charge in [-0.15, -0.1) is 0 Å². The Morgan fingerprint density at radius 2 is 1.85 bits per heavy atom. The number of aromatic hydroxyl groups is 1. The largest absolute Gasteiger partial charge is 0.504 e. The van der Waals surface area contributed by atoms with Gasteiger partial charge in [0.15, 0.2) is 11.5 Å². The molecule has 3 rings (SSSR count). The zero-order valence-electron chi connectivity index (χ0n) is 10.8. The summed E-state index contributed by atoms with van der Waals surface area (Å²) in [6.07, 6.45) is 0. The maximum atomic E-state index is 11.4. The molecular weight excluding hydrogens is 256 g/mol. The van der Waals surface area contributed by atoms with Gasteiger partial charge < -0.3 is 14.9 Å². The first-order valence-corrected chi connectivity index (χ1v) is 6.08. The summed E-state index contributed by atoms with van der Waals surface area (Å²) < 4.78 is 5.26. The van der Waals surface area contributed by atoms with Gasteiger partial charge in [-0.3, -0.25) is 0 Å². The van der Waals surface area contributed by atoms with E-state index < -0.39 is 5.97 Å². The number of fused-ring (bicyclic) bond motifs is 3. The molecule has 4 heteroatoms. The van der Waals surface area contributed by atoms with Gasteiger partial charge in [0, 0.05) is 10.8 Å². The van der Waals surface area contributed by atoms with Crippen molar-refractivity contribution >= 4 is 27.5 Å². The first-order valence-electron chi connectivity index (χ1n) is 6.08. The van der Waals surface area contributed by atoms with Gasteiger partial charge >= 0.3 is 5.97 Å². The number of rotatable bonds is 2. The Hall–Kier alpha value is -2.75. The summed E-state index contributed by atoms with van der Waals surface area (Å²) in [7, 11) is 1.46. The van der Waals surface area contributed by atoms with Crippen LogP contribution in [0, 0.1) is 0 Å². The van der Waals surface area contributed by atoms with E-state index in [9.17, 15) is 15.0 Å². The maximum Gasteiger partial charge on any atom is 0.336 e. The van der Waals surface area contributed by atoms with Crippen LogP contribution in [0.2, 0.25) is 0 Å². The highest BCUT2D eigenvalue weighted by atomic mass is 16.5. The minimum Gasteiger partial charge on any atom is -0.504 e. The Balaban J connectivity index is 2.61. The van der Waals surface area contributed by atoms with Crippen molar-refractivity contribution in [2.75, 3.05) is 7.11 Å². The number of ether oxygens (including phenoxy) is 1. The van der Waals surface area contributed by atoms with E-state index in [0.717, 1.165) is 10.8 Å². The third-order valence-corrected chi connectivity index (χ3v) is 3.39. The maximum absolute atomic E-state index is 11.4. The lowest BCUT2D eigenvalue weighted by molar-refractivity contribution is 0.0698. The first-order chi connectivity index (χ1) is 9.63. The Morgan fingerprint density at radius 3 is 2.55 bits per heavy atom. The van der Waals surface area contributed by atoms with Gasteiger partial charge in [0.2, 0.25) is 0 Å². The predicted molar refractivity (Wildman–Crippen MR) is 76.6 cm³/mol. The Bertz CT molecular complexity index is 837. The van der Waals surface area contributed by atoms with Crippen LogP contribution < -0.4 is 4.74 Å². The third kappa shape index (κ3) is 1.66. The molecule has 0 atom stereocenters. The van der Waals surface area contributed by atoms with Crippen LogP contribution in [0.5, 0.6) is 11.5 Å². The molecule has 2 N–H and O–H groups in total. The molecule has 0 unspecified atom stereocenters. The molecule has 0 amide bonds. The van der Waals surface area contributed by atoms with E-state index >= 15 is 0 Å². The summed E-state index contributed by atoms with van der Waals surface area (Å²) in [4.78, 5) is 11.4. The van der Waals surface area contributed by atoms with E-state index in [4.69, 9.17) is 4.74 Å². The number of phenols is 1. The number of aromatic carboxylic acids is 1. The van der Waals surface area contributed by atoms with Crippen molar-refractivity contribution in [3.05, 3.63) is 48.0 Å². The highest BCUT2D eigenvalue weighted by molar-refractivity contribution is 6.17. The Morgan fingerprint density at radius 1 is 1.10 bits per heavy atom. The van der Waals surface area contributed by atoms with Crippen molar-refractivity contribution in [1.29, 1.82) is 0 Å². The molecule has 100 valence electrons. The number of hydrogen-bond donors (Lipinski definition) is 2. The van der Waals surface area contributed by atoms with E-state index in [0.29, 0.717) is 16.5 Å². The molecule has 0 radical (unpaired) electrons. The number of benzene rings is 3. The number of carboxylic acids is 1. The van der Waals surface area contributed by atoms with Crippen LogP contribution in [0.25, 0.3) is 21.5 Å². The second-order valence-corrected chi connectivity index (χ2v) is 4.49. The van der Waals surface area contributed by atoms with Gasteiger partial charge in [-0.2, -0.15) is 0 Å². The van der Waals surface area contributed by atoms with E-state index in [1.807, 2.05) is 30.3 Å². The van der Waals surface area contributed by atoms with Crippen molar-refractivity contribution < 1.29 is 19.7 Å². The average Bonchev–Trinajstić information content (AvgIpc) is 2.46. The van der Waals surface area contributed by atoms with Crippen LogP contribution >= 0.6 is 0 Å². The molecule has 0 bridgehead atoms. The van der Waals surface area contributed by atoms with Crippen molar-refractivity contribution in [3.63, 3.8) is 0 Å². The SMILES string of the molecule is COc1c(O)cc(C(=O)O)c2ccc3ccccc3c12. The lowest BCUT2D eigenvalue weighted by atomic mass is 9.97. The molecule has 0 fully saturated rings. The molecule has 0 heterocycles. The highest BCUT2D eigenvalue weighted by Crippen LogP contribution is 2.41. The monoisotopic (exact) mass is 268 g/mol. The number of carboxylic acid groups (broad SMARTS) is 1. The first kappa shape index (κ1) is 12.3. The molecule has 0 aliphatic carbocycles. The second-order valence-electron chi connectivity index (χ2n) is 4.49. The summed E-state index contributed by atoms with van der Waals surface area (Å²) in [5.74, 6) is -0.959. The topological polar surface area (TPSA) is 66.8 Å². The van der Waals surface area contributed by atoms with E-state index in [1.165, 1.54) is 13.2 Å². The minimum atomic E-state index is -1.08. The zero-order chi connectivity index (χ0) is 14.3.